The summed E-state index contributed by atoms with van der Waals surface area (Å²) in [7, 11) is 0. The highest BCUT2D eigenvalue weighted by Gasteiger charge is 1.92. The Morgan fingerprint density at radius 2 is 1.00 bits per heavy atom. The molecule has 96 valence electrons. The van der Waals surface area contributed by atoms with Crippen LogP contribution in [0.1, 0.15) is 0 Å². The van der Waals surface area contributed by atoms with E-state index in [9.17, 15) is 0 Å². The average Bonchev–Trinajstić information content (AvgIpc) is 3.00. The molecule has 0 unspecified atom stereocenters. The predicted molar refractivity (Wildman–Crippen MR) is 83.7 cm³/mol. The molecule has 0 radical (unpaired) electrons. The second kappa shape index (κ2) is 8.64. The minimum absolute atomic E-state index is 0. The van der Waals surface area contributed by atoms with Crippen molar-refractivity contribution in [1.82, 2.24) is 4.98 Å². The smallest absolute Gasteiger partial charge is 0.127 e. The zero-order chi connectivity index (χ0) is 12.5. The Morgan fingerprint density at radius 1 is 0.579 bits per heavy atom. The maximum atomic E-state index is 5.58. The molecular weight excluding hydrogens is 233 g/mol. The molecule has 2 aromatic carbocycles. The monoisotopic (exact) mass is 251 g/mol. The van der Waals surface area contributed by atoms with Gasteiger partial charge < -0.3 is 9.72 Å². The molecule has 2 nitrogen and oxygen atoms in total. The van der Waals surface area contributed by atoms with Crippen LogP contribution < -0.4 is 4.74 Å². The molecule has 3 heteroatoms. The lowest BCUT2D eigenvalue weighted by Gasteiger charge is -2.03. The number of hydrogen-bond donors (Lipinski definition) is 1. The predicted octanol–water partition coefficient (Wildman–Crippen LogP) is 3.31. The molecule has 0 aliphatic rings. The fourth-order valence-corrected chi connectivity index (χ4v) is 1.39. The first-order valence-corrected chi connectivity index (χ1v) is 5.81. The van der Waals surface area contributed by atoms with Crippen molar-refractivity contribution in [3.05, 3.63) is 85.2 Å². The van der Waals surface area contributed by atoms with Gasteiger partial charge in [0.25, 0.3) is 0 Å². The number of benzene rings is 2. The van der Waals surface area contributed by atoms with E-state index in [-0.39, 0.29) is 8.41 Å². The summed E-state index contributed by atoms with van der Waals surface area (Å²) in [6, 6.07) is 23.4. The zero-order valence-corrected chi connectivity index (χ0v) is 9.99. The van der Waals surface area contributed by atoms with Crippen molar-refractivity contribution in [3.8, 4) is 11.5 Å². The highest BCUT2D eigenvalue weighted by molar-refractivity contribution is 5.75. The van der Waals surface area contributed by atoms with Crippen LogP contribution in [0.25, 0.3) is 0 Å². The van der Waals surface area contributed by atoms with Gasteiger partial charge in [-0.2, -0.15) is 0 Å². The first kappa shape index (κ1) is 14.6. The van der Waals surface area contributed by atoms with Crippen LogP contribution in [0.5, 0.6) is 11.5 Å². The second-order valence-corrected chi connectivity index (χ2v) is 3.61. The van der Waals surface area contributed by atoms with Crippen molar-refractivity contribution in [2.24, 2.45) is 0 Å². The summed E-state index contributed by atoms with van der Waals surface area (Å²) in [6.07, 6.45) is 3.75. The van der Waals surface area contributed by atoms with Gasteiger partial charge in [0, 0.05) is 12.4 Å². The third-order valence-corrected chi connectivity index (χ3v) is 2.22. The van der Waals surface area contributed by atoms with Gasteiger partial charge in [0.05, 0.1) is 8.41 Å². The van der Waals surface area contributed by atoms with E-state index in [1.54, 1.807) is 0 Å². The first-order valence-electron chi connectivity index (χ1n) is 5.81. The summed E-state index contributed by atoms with van der Waals surface area (Å²) in [5.74, 6) is 1.74. The molecule has 0 saturated carbocycles. The van der Waals surface area contributed by atoms with E-state index in [1.807, 2.05) is 85.2 Å². The SMILES string of the molecule is B.c1cc[nH]c1.c1ccc(Oc2ccccc2)cc1. The summed E-state index contributed by atoms with van der Waals surface area (Å²) in [5, 5.41) is 0. The van der Waals surface area contributed by atoms with Gasteiger partial charge in [-0.1, -0.05) is 36.4 Å². The van der Waals surface area contributed by atoms with E-state index >= 15 is 0 Å². The van der Waals surface area contributed by atoms with Gasteiger partial charge in [-0.05, 0) is 36.4 Å². The van der Waals surface area contributed by atoms with Gasteiger partial charge in [-0.15, -0.1) is 0 Å². The number of aromatic amines is 1. The Labute approximate surface area is 115 Å². The summed E-state index contributed by atoms with van der Waals surface area (Å²) in [6.45, 7) is 0. The molecule has 0 amide bonds. The molecule has 0 atom stereocenters. The van der Waals surface area contributed by atoms with Gasteiger partial charge in [0.2, 0.25) is 0 Å². The molecule has 1 heterocycles. The molecule has 1 N–H and O–H groups in total. The van der Waals surface area contributed by atoms with Gasteiger partial charge in [0.15, 0.2) is 0 Å². The lowest BCUT2D eigenvalue weighted by Crippen LogP contribution is -1.81. The second-order valence-electron chi connectivity index (χ2n) is 3.61. The van der Waals surface area contributed by atoms with E-state index in [4.69, 9.17) is 4.74 Å². The number of hydrogen-bond acceptors (Lipinski definition) is 1. The van der Waals surface area contributed by atoms with Crippen LogP contribution in [0, 0.1) is 0 Å². The van der Waals surface area contributed by atoms with E-state index in [0.717, 1.165) is 11.5 Å². The van der Waals surface area contributed by atoms with Gasteiger partial charge in [0.1, 0.15) is 11.5 Å². The van der Waals surface area contributed by atoms with Crippen molar-refractivity contribution in [2.75, 3.05) is 0 Å². The lowest BCUT2D eigenvalue weighted by molar-refractivity contribution is 0.482. The minimum Gasteiger partial charge on any atom is -0.457 e. The summed E-state index contributed by atoms with van der Waals surface area (Å²) in [4.78, 5) is 2.86. The molecule has 0 bridgehead atoms. The molecular formula is C16H18BNO. The number of para-hydroxylation sites is 2. The first-order chi connectivity index (χ1) is 8.95. The molecule has 19 heavy (non-hydrogen) atoms. The molecule has 1 aromatic heterocycles. The Morgan fingerprint density at radius 3 is 1.32 bits per heavy atom. The van der Waals surface area contributed by atoms with E-state index in [0.29, 0.717) is 0 Å². The summed E-state index contributed by atoms with van der Waals surface area (Å²) < 4.78 is 5.58. The molecule has 0 aliphatic heterocycles. The van der Waals surface area contributed by atoms with Crippen molar-refractivity contribution in [1.29, 1.82) is 0 Å². The highest BCUT2D eigenvalue weighted by Crippen LogP contribution is 2.19. The maximum Gasteiger partial charge on any atom is 0.127 e. The maximum absolute atomic E-state index is 5.58. The average molecular weight is 251 g/mol. The molecule has 3 aromatic rings. The fourth-order valence-electron chi connectivity index (χ4n) is 1.39. The van der Waals surface area contributed by atoms with Gasteiger partial charge in [-0.3, -0.25) is 0 Å². The zero-order valence-electron chi connectivity index (χ0n) is 9.99. The molecule has 0 saturated heterocycles. The van der Waals surface area contributed by atoms with E-state index < -0.39 is 0 Å². The van der Waals surface area contributed by atoms with Crippen molar-refractivity contribution in [2.45, 2.75) is 0 Å². The van der Waals surface area contributed by atoms with Crippen molar-refractivity contribution in [3.63, 3.8) is 0 Å². The molecule has 0 spiro atoms. The van der Waals surface area contributed by atoms with Crippen LogP contribution >= 0.6 is 0 Å². The summed E-state index contributed by atoms with van der Waals surface area (Å²) >= 11 is 0. The normalized spacial score (nSPS) is 8.63. The highest BCUT2D eigenvalue weighted by atomic mass is 16.5. The lowest BCUT2D eigenvalue weighted by atomic mass is 10.3. The Balaban J connectivity index is 0.000000256. The van der Waals surface area contributed by atoms with Gasteiger partial charge >= 0.3 is 0 Å². The Kier molecular flexibility index (Phi) is 6.66. The Hall–Kier alpha value is -2.42. The van der Waals surface area contributed by atoms with Gasteiger partial charge in [-0.25, -0.2) is 0 Å². The number of H-pyrrole nitrogens is 1. The number of ether oxygens (including phenoxy) is 1. The topological polar surface area (TPSA) is 25.0 Å². The molecule has 0 fully saturated rings. The largest absolute Gasteiger partial charge is 0.457 e. The van der Waals surface area contributed by atoms with Crippen LogP contribution in [0.15, 0.2) is 85.2 Å². The summed E-state index contributed by atoms with van der Waals surface area (Å²) in [5.41, 5.74) is 0. The minimum atomic E-state index is 0. The van der Waals surface area contributed by atoms with Crippen LogP contribution in [0.4, 0.5) is 0 Å². The van der Waals surface area contributed by atoms with Crippen LogP contribution in [-0.2, 0) is 0 Å². The van der Waals surface area contributed by atoms with E-state index in [1.165, 1.54) is 0 Å². The third kappa shape index (κ3) is 5.64. The Bertz CT molecular complexity index is 468. The number of aromatic nitrogens is 1. The quantitative estimate of drug-likeness (QED) is 0.694. The van der Waals surface area contributed by atoms with E-state index in [2.05, 4.69) is 4.98 Å². The molecule has 3 rings (SSSR count). The van der Waals surface area contributed by atoms with Crippen LogP contribution in [-0.4, -0.2) is 13.4 Å². The van der Waals surface area contributed by atoms with Crippen molar-refractivity contribution < 1.29 is 4.74 Å². The molecule has 0 aliphatic carbocycles. The third-order valence-electron chi connectivity index (χ3n) is 2.22. The number of rotatable bonds is 2. The van der Waals surface area contributed by atoms with Crippen LogP contribution in [0.2, 0.25) is 0 Å². The number of nitrogens with one attached hydrogen (secondary N) is 1. The standard InChI is InChI=1S/C12H10O.C4H5N.BH3/c1-3-7-11(8-4-1)13-12-9-5-2-6-10-12;1-2-4-5-3-1;/h1-10H;1-5H;1H3. The van der Waals surface area contributed by atoms with Crippen LogP contribution in [0.3, 0.4) is 0 Å². The van der Waals surface area contributed by atoms with Crippen molar-refractivity contribution >= 4 is 8.41 Å². The fraction of sp³-hybridized carbons (Fsp3) is 0.